The molecule has 0 spiro atoms. The molecule has 5 rings (SSSR count). The fourth-order valence-corrected chi connectivity index (χ4v) is 4.36. The minimum Gasteiger partial charge on any atom is -0.340 e. The normalized spacial score (nSPS) is 14.6. The van der Waals surface area contributed by atoms with E-state index in [0.29, 0.717) is 28.7 Å². The van der Waals surface area contributed by atoms with Gasteiger partial charge < -0.3 is 21.0 Å². The fraction of sp³-hybridized carbons (Fsp3) is 0.321. The van der Waals surface area contributed by atoms with Gasteiger partial charge in [0.2, 0.25) is 0 Å². The van der Waals surface area contributed by atoms with Crippen LogP contribution in [0.4, 0.5) is 31.9 Å². The summed E-state index contributed by atoms with van der Waals surface area (Å²) in [5.74, 6) is -1.61. The van der Waals surface area contributed by atoms with Crippen LogP contribution >= 0.6 is 0 Å². The lowest BCUT2D eigenvalue weighted by atomic mass is 10.1. The number of benzene rings is 1. The van der Waals surface area contributed by atoms with E-state index in [0.717, 1.165) is 44.4 Å². The zero-order valence-corrected chi connectivity index (χ0v) is 23.3. The van der Waals surface area contributed by atoms with Crippen LogP contribution in [0, 0.1) is 13.8 Å². The van der Waals surface area contributed by atoms with Gasteiger partial charge in [-0.3, -0.25) is 4.79 Å². The van der Waals surface area contributed by atoms with E-state index in [1.807, 2.05) is 26.0 Å². The molecule has 3 aromatic heterocycles. The van der Waals surface area contributed by atoms with Crippen LogP contribution in [-0.4, -0.2) is 73.8 Å². The van der Waals surface area contributed by atoms with Gasteiger partial charge in [0.05, 0.1) is 5.69 Å². The minimum atomic E-state index is -3.05. The van der Waals surface area contributed by atoms with Gasteiger partial charge in [-0.1, -0.05) is 6.07 Å². The Balaban J connectivity index is 1.35. The second kappa shape index (κ2) is 11.6. The molecule has 0 atom stereocenters. The topological polar surface area (TPSA) is 116 Å². The highest BCUT2D eigenvalue weighted by Crippen LogP contribution is 2.28. The first-order valence-corrected chi connectivity index (χ1v) is 13.2. The SMILES string of the molecule is Cc1cc(Nc2cc(C(=O)Nc3cc(C(C)(F)F)ccn3)ccc2C)n(-c2cc(NN3CCN(C)CC3)ncn2)n1. The number of aromatic nitrogens is 5. The molecule has 41 heavy (non-hydrogen) atoms. The molecule has 1 aromatic carbocycles. The number of pyridine rings is 1. The molecule has 13 heteroatoms. The zero-order valence-electron chi connectivity index (χ0n) is 23.3. The van der Waals surface area contributed by atoms with Crippen LogP contribution in [-0.2, 0) is 5.92 Å². The van der Waals surface area contributed by atoms with Gasteiger partial charge in [-0.2, -0.15) is 9.78 Å². The Morgan fingerprint density at radius 1 is 0.951 bits per heavy atom. The highest BCUT2D eigenvalue weighted by atomic mass is 19.3. The van der Waals surface area contributed by atoms with Crippen LogP contribution in [0.1, 0.15) is 34.1 Å². The molecule has 1 aliphatic heterocycles. The molecule has 0 bridgehead atoms. The predicted octanol–water partition coefficient (Wildman–Crippen LogP) is 4.36. The van der Waals surface area contributed by atoms with E-state index >= 15 is 0 Å². The number of carbonyl (C=O) groups is 1. The van der Waals surface area contributed by atoms with E-state index in [1.54, 1.807) is 22.9 Å². The number of likely N-dealkylation sites (N-methyl/N-ethyl adjacent to an activating group) is 1. The van der Waals surface area contributed by atoms with E-state index in [4.69, 9.17) is 0 Å². The Morgan fingerprint density at radius 2 is 1.73 bits per heavy atom. The Morgan fingerprint density at radius 3 is 2.49 bits per heavy atom. The van der Waals surface area contributed by atoms with Gasteiger partial charge in [-0.25, -0.2) is 28.7 Å². The summed E-state index contributed by atoms with van der Waals surface area (Å²) >= 11 is 0. The summed E-state index contributed by atoms with van der Waals surface area (Å²) in [6, 6.07) is 11.2. The molecule has 3 N–H and O–H groups in total. The number of rotatable bonds is 8. The predicted molar refractivity (Wildman–Crippen MR) is 153 cm³/mol. The molecule has 1 saturated heterocycles. The monoisotopic (exact) mass is 562 g/mol. The number of aryl methyl sites for hydroxylation is 2. The van der Waals surface area contributed by atoms with Crippen LogP contribution in [0.5, 0.6) is 0 Å². The summed E-state index contributed by atoms with van der Waals surface area (Å²) in [5, 5.41) is 12.7. The molecule has 1 amide bonds. The van der Waals surface area contributed by atoms with Crippen LogP contribution < -0.4 is 16.1 Å². The van der Waals surface area contributed by atoms with E-state index < -0.39 is 11.8 Å². The number of piperazine rings is 1. The van der Waals surface area contributed by atoms with Crippen LogP contribution in [0.3, 0.4) is 0 Å². The number of alkyl halides is 2. The molecule has 0 aliphatic carbocycles. The van der Waals surface area contributed by atoms with Crippen molar-refractivity contribution in [2.45, 2.75) is 26.7 Å². The van der Waals surface area contributed by atoms with Gasteiger partial charge >= 0.3 is 0 Å². The number of halogens is 2. The van der Waals surface area contributed by atoms with Crippen molar-refractivity contribution in [2.24, 2.45) is 0 Å². The number of carbonyl (C=O) groups excluding carboxylic acids is 1. The average Bonchev–Trinajstić information content (AvgIpc) is 3.31. The minimum absolute atomic E-state index is 0.0440. The maximum Gasteiger partial charge on any atom is 0.270 e. The fourth-order valence-electron chi connectivity index (χ4n) is 4.36. The van der Waals surface area contributed by atoms with Crippen molar-refractivity contribution in [1.29, 1.82) is 0 Å². The van der Waals surface area contributed by atoms with Crippen molar-refractivity contribution in [3.8, 4) is 5.82 Å². The Kier molecular flexibility index (Phi) is 7.90. The van der Waals surface area contributed by atoms with Gasteiger partial charge in [0.25, 0.3) is 11.8 Å². The van der Waals surface area contributed by atoms with Crippen LogP contribution in [0.2, 0.25) is 0 Å². The number of hydrogen-bond acceptors (Lipinski definition) is 9. The van der Waals surface area contributed by atoms with E-state index in [-0.39, 0.29) is 11.4 Å². The maximum absolute atomic E-state index is 13.7. The first kappa shape index (κ1) is 28.1. The van der Waals surface area contributed by atoms with Crippen molar-refractivity contribution < 1.29 is 13.6 Å². The van der Waals surface area contributed by atoms with Crippen LogP contribution in [0.25, 0.3) is 5.82 Å². The smallest absolute Gasteiger partial charge is 0.270 e. The van der Waals surface area contributed by atoms with Crippen molar-refractivity contribution in [1.82, 2.24) is 34.6 Å². The molecular weight excluding hydrogens is 530 g/mol. The second-order valence-electron chi connectivity index (χ2n) is 10.2. The Bertz CT molecular complexity index is 1540. The van der Waals surface area contributed by atoms with Gasteiger partial charge in [0, 0.05) is 68.2 Å². The van der Waals surface area contributed by atoms with Gasteiger partial charge in [-0.15, -0.1) is 0 Å². The second-order valence-corrected chi connectivity index (χ2v) is 10.2. The maximum atomic E-state index is 13.7. The Labute approximate surface area is 236 Å². The Hall–Kier alpha value is -4.49. The third kappa shape index (κ3) is 6.81. The molecule has 11 nitrogen and oxygen atoms in total. The number of hydrazine groups is 1. The molecule has 214 valence electrons. The molecule has 4 aromatic rings. The third-order valence-corrected chi connectivity index (χ3v) is 6.75. The number of amides is 1. The standard InChI is InChI=1S/C28H32F2N10O/c1-18-5-6-20(27(41)35-23-15-21(7-8-31-23)28(3,29)30)14-22(18)34-26-13-19(2)36-40(26)25-16-24(32-17-33-25)37-39-11-9-38(4)10-12-39/h5-8,13-17,34H,9-12H2,1-4H3,(H,31,35,41)(H,32,33,37). The first-order chi connectivity index (χ1) is 19.5. The van der Waals surface area contributed by atoms with Crippen LogP contribution in [0.15, 0.2) is 55.0 Å². The largest absolute Gasteiger partial charge is 0.340 e. The van der Waals surface area contributed by atoms with Gasteiger partial charge in [0.15, 0.2) is 5.82 Å². The molecule has 0 saturated carbocycles. The third-order valence-electron chi connectivity index (χ3n) is 6.75. The highest BCUT2D eigenvalue weighted by Gasteiger charge is 2.25. The molecule has 4 heterocycles. The molecule has 1 fully saturated rings. The van der Waals surface area contributed by atoms with E-state index in [9.17, 15) is 13.6 Å². The summed E-state index contributed by atoms with van der Waals surface area (Å²) in [5.41, 5.74) is 5.78. The summed E-state index contributed by atoms with van der Waals surface area (Å²) in [6.45, 7) is 8.26. The number of anilines is 4. The van der Waals surface area contributed by atoms with Gasteiger partial charge in [-0.05, 0) is 50.7 Å². The highest BCUT2D eigenvalue weighted by molar-refractivity contribution is 6.04. The van der Waals surface area contributed by atoms with E-state index in [1.165, 1.54) is 24.7 Å². The van der Waals surface area contributed by atoms with Crippen molar-refractivity contribution in [3.05, 3.63) is 77.4 Å². The number of hydrogen-bond donors (Lipinski definition) is 3. The molecule has 0 radical (unpaired) electrons. The summed E-state index contributed by atoms with van der Waals surface area (Å²) < 4.78 is 29.1. The number of nitrogens with zero attached hydrogens (tertiary/aromatic N) is 7. The molecule has 0 unspecified atom stereocenters. The summed E-state index contributed by atoms with van der Waals surface area (Å²) in [6.07, 6.45) is 2.73. The number of nitrogens with one attached hydrogen (secondary N) is 3. The lowest BCUT2D eigenvalue weighted by Crippen LogP contribution is -2.47. The lowest BCUT2D eigenvalue weighted by molar-refractivity contribution is 0.0174. The van der Waals surface area contributed by atoms with E-state index in [2.05, 4.69) is 53.1 Å². The van der Waals surface area contributed by atoms with Crippen molar-refractivity contribution in [3.63, 3.8) is 0 Å². The summed E-state index contributed by atoms with van der Waals surface area (Å²) in [7, 11) is 2.10. The summed E-state index contributed by atoms with van der Waals surface area (Å²) in [4.78, 5) is 28.1. The quantitative estimate of drug-likeness (QED) is 0.288. The first-order valence-electron chi connectivity index (χ1n) is 13.2. The van der Waals surface area contributed by atoms with Gasteiger partial charge in [0.1, 0.15) is 23.8 Å². The lowest BCUT2D eigenvalue weighted by Gasteiger charge is -2.32. The average molecular weight is 563 g/mol. The molecular formula is C28H32F2N10O. The molecule has 1 aliphatic rings. The van der Waals surface area contributed by atoms with Crippen molar-refractivity contribution in [2.75, 3.05) is 49.3 Å². The zero-order chi connectivity index (χ0) is 29.1. The van der Waals surface area contributed by atoms with Crippen molar-refractivity contribution >= 4 is 29.0 Å².